The summed E-state index contributed by atoms with van der Waals surface area (Å²) in [6.07, 6.45) is 4.89. The van der Waals surface area contributed by atoms with Crippen LogP contribution in [0.4, 0.5) is 0 Å². The molecular weight excluding hydrogens is 250 g/mol. The highest BCUT2D eigenvalue weighted by Crippen LogP contribution is 2.24. The molecule has 2 fully saturated rings. The van der Waals surface area contributed by atoms with Crippen molar-refractivity contribution in [3.05, 3.63) is 0 Å². The van der Waals surface area contributed by atoms with E-state index in [0.29, 0.717) is 5.91 Å². The lowest BCUT2D eigenvalue weighted by Gasteiger charge is -2.42. The summed E-state index contributed by atoms with van der Waals surface area (Å²) in [5.41, 5.74) is -0.353. The maximum Gasteiger partial charge on any atom is 0.242 e. The van der Waals surface area contributed by atoms with E-state index in [-0.39, 0.29) is 5.54 Å². The standard InChI is InChI=1S/C16H31N3O/c1-4-14-6-5-10-18(11-7-14)15(20)16(2,3)19-12-8-17-9-13-19/h14,17H,4-13H2,1-3H3. The molecule has 2 heterocycles. The van der Waals surface area contributed by atoms with Crippen LogP contribution in [0.15, 0.2) is 0 Å². The van der Waals surface area contributed by atoms with Gasteiger partial charge in [-0.3, -0.25) is 9.69 Å². The van der Waals surface area contributed by atoms with Gasteiger partial charge in [0.1, 0.15) is 0 Å². The van der Waals surface area contributed by atoms with Crippen LogP contribution in [0.25, 0.3) is 0 Å². The van der Waals surface area contributed by atoms with Gasteiger partial charge in [0.05, 0.1) is 5.54 Å². The number of likely N-dealkylation sites (tertiary alicyclic amines) is 1. The lowest BCUT2D eigenvalue weighted by atomic mass is 9.98. The minimum absolute atomic E-state index is 0.330. The summed E-state index contributed by atoms with van der Waals surface area (Å²) >= 11 is 0. The molecule has 2 aliphatic heterocycles. The van der Waals surface area contributed by atoms with Gasteiger partial charge in [-0.1, -0.05) is 13.3 Å². The van der Waals surface area contributed by atoms with E-state index in [1.165, 1.54) is 25.7 Å². The molecule has 4 heteroatoms. The summed E-state index contributed by atoms with van der Waals surface area (Å²) in [6.45, 7) is 12.3. The van der Waals surface area contributed by atoms with Crippen LogP contribution < -0.4 is 5.32 Å². The van der Waals surface area contributed by atoms with Gasteiger partial charge >= 0.3 is 0 Å². The first-order valence-electron chi connectivity index (χ1n) is 8.31. The van der Waals surface area contributed by atoms with Gasteiger partial charge in [-0.05, 0) is 39.0 Å². The molecule has 1 atom stereocenters. The normalized spacial score (nSPS) is 26.4. The maximum atomic E-state index is 12.9. The Morgan fingerprint density at radius 3 is 2.50 bits per heavy atom. The second-order valence-corrected chi connectivity index (χ2v) is 6.79. The molecule has 0 saturated carbocycles. The highest BCUT2D eigenvalue weighted by atomic mass is 16.2. The first-order chi connectivity index (χ1) is 9.55. The lowest BCUT2D eigenvalue weighted by Crippen LogP contribution is -2.60. The van der Waals surface area contributed by atoms with Crippen molar-refractivity contribution in [3.8, 4) is 0 Å². The van der Waals surface area contributed by atoms with Gasteiger partial charge in [0, 0.05) is 39.3 Å². The van der Waals surface area contributed by atoms with Gasteiger partial charge in [0.25, 0.3) is 0 Å². The highest BCUT2D eigenvalue weighted by Gasteiger charge is 2.38. The van der Waals surface area contributed by atoms with Gasteiger partial charge in [0.15, 0.2) is 0 Å². The van der Waals surface area contributed by atoms with Crippen LogP contribution in [0.3, 0.4) is 0 Å². The van der Waals surface area contributed by atoms with E-state index in [2.05, 4.69) is 35.9 Å². The van der Waals surface area contributed by atoms with E-state index in [4.69, 9.17) is 0 Å². The molecule has 0 aromatic carbocycles. The van der Waals surface area contributed by atoms with Crippen molar-refractivity contribution in [3.63, 3.8) is 0 Å². The van der Waals surface area contributed by atoms with Gasteiger partial charge in [-0.15, -0.1) is 0 Å². The predicted molar refractivity (Wildman–Crippen MR) is 82.7 cm³/mol. The van der Waals surface area contributed by atoms with Crippen LogP contribution in [-0.4, -0.2) is 60.5 Å². The first kappa shape index (κ1) is 15.8. The van der Waals surface area contributed by atoms with Gasteiger partial charge in [-0.2, -0.15) is 0 Å². The van der Waals surface area contributed by atoms with Crippen molar-refractivity contribution in [1.82, 2.24) is 15.1 Å². The summed E-state index contributed by atoms with van der Waals surface area (Å²) in [5.74, 6) is 1.14. The minimum Gasteiger partial charge on any atom is -0.341 e. The molecule has 0 radical (unpaired) electrons. The van der Waals surface area contributed by atoms with Crippen LogP contribution in [0, 0.1) is 5.92 Å². The molecule has 1 N–H and O–H groups in total. The Bertz CT molecular complexity index is 324. The number of rotatable bonds is 3. The Hall–Kier alpha value is -0.610. The molecule has 2 saturated heterocycles. The maximum absolute atomic E-state index is 12.9. The number of nitrogens with zero attached hydrogens (tertiary/aromatic N) is 2. The molecule has 0 spiro atoms. The number of amides is 1. The third-order valence-corrected chi connectivity index (χ3v) is 5.14. The monoisotopic (exact) mass is 281 g/mol. The fourth-order valence-corrected chi connectivity index (χ4v) is 3.52. The van der Waals surface area contributed by atoms with Crippen LogP contribution >= 0.6 is 0 Å². The SMILES string of the molecule is CCC1CCCN(C(=O)C(C)(C)N2CCNCC2)CC1. The van der Waals surface area contributed by atoms with E-state index in [1.807, 2.05) is 0 Å². The zero-order valence-electron chi connectivity index (χ0n) is 13.5. The van der Waals surface area contributed by atoms with Crippen molar-refractivity contribution in [2.45, 2.75) is 52.0 Å². The average molecular weight is 281 g/mol. The van der Waals surface area contributed by atoms with E-state index in [9.17, 15) is 4.79 Å². The van der Waals surface area contributed by atoms with Crippen molar-refractivity contribution in [2.24, 2.45) is 5.92 Å². The van der Waals surface area contributed by atoms with Crippen molar-refractivity contribution in [2.75, 3.05) is 39.3 Å². The molecule has 116 valence electrons. The number of nitrogens with one attached hydrogen (secondary N) is 1. The molecule has 2 rings (SSSR count). The number of hydrogen-bond acceptors (Lipinski definition) is 3. The summed E-state index contributed by atoms with van der Waals surface area (Å²) in [5, 5.41) is 3.36. The molecule has 2 aliphatic rings. The summed E-state index contributed by atoms with van der Waals surface area (Å²) in [6, 6.07) is 0. The predicted octanol–water partition coefficient (Wildman–Crippen LogP) is 1.71. The van der Waals surface area contributed by atoms with Gasteiger partial charge < -0.3 is 10.2 Å². The molecule has 4 nitrogen and oxygen atoms in total. The largest absolute Gasteiger partial charge is 0.341 e. The number of carbonyl (C=O) groups excluding carboxylic acids is 1. The van der Waals surface area contributed by atoms with E-state index < -0.39 is 0 Å². The molecule has 20 heavy (non-hydrogen) atoms. The molecule has 1 amide bonds. The summed E-state index contributed by atoms with van der Waals surface area (Å²) in [7, 11) is 0. The Kier molecular flexibility index (Phi) is 5.44. The van der Waals surface area contributed by atoms with Gasteiger partial charge in [0.2, 0.25) is 5.91 Å². The Morgan fingerprint density at radius 1 is 1.15 bits per heavy atom. The lowest BCUT2D eigenvalue weighted by molar-refractivity contribution is -0.143. The minimum atomic E-state index is -0.353. The molecule has 1 unspecified atom stereocenters. The third kappa shape index (κ3) is 3.53. The van der Waals surface area contributed by atoms with Crippen LogP contribution in [0.2, 0.25) is 0 Å². The van der Waals surface area contributed by atoms with Gasteiger partial charge in [-0.25, -0.2) is 0 Å². The fourth-order valence-electron chi connectivity index (χ4n) is 3.52. The molecule has 0 bridgehead atoms. The fraction of sp³-hybridized carbons (Fsp3) is 0.938. The smallest absolute Gasteiger partial charge is 0.242 e. The van der Waals surface area contributed by atoms with Crippen molar-refractivity contribution in [1.29, 1.82) is 0 Å². The summed E-state index contributed by atoms with van der Waals surface area (Å²) in [4.78, 5) is 17.4. The molecule has 0 aromatic rings. The zero-order valence-corrected chi connectivity index (χ0v) is 13.5. The molecule has 0 aliphatic carbocycles. The second-order valence-electron chi connectivity index (χ2n) is 6.79. The third-order valence-electron chi connectivity index (χ3n) is 5.14. The molecular formula is C16H31N3O. The summed E-state index contributed by atoms with van der Waals surface area (Å²) < 4.78 is 0. The van der Waals surface area contributed by atoms with Crippen LogP contribution in [-0.2, 0) is 4.79 Å². The van der Waals surface area contributed by atoms with E-state index in [0.717, 1.165) is 45.2 Å². The second kappa shape index (κ2) is 6.90. The zero-order chi connectivity index (χ0) is 14.6. The Morgan fingerprint density at radius 2 is 1.85 bits per heavy atom. The number of carbonyl (C=O) groups is 1. The molecule has 0 aromatic heterocycles. The van der Waals surface area contributed by atoms with Crippen molar-refractivity contribution >= 4 is 5.91 Å². The highest BCUT2D eigenvalue weighted by molar-refractivity contribution is 5.85. The Balaban J connectivity index is 1.97. The van der Waals surface area contributed by atoms with E-state index in [1.54, 1.807) is 0 Å². The average Bonchev–Trinajstić information content (AvgIpc) is 2.72. The van der Waals surface area contributed by atoms with Crippen molar-refractivity contribution < 1.29 is 4.79 Å². The topological polar surface area (TPSA) is 35.6 Å². The first-order valence-corrected chi connectivity index (χ1v) is 8.31. The quantitative estimate of drug-likeness (QED) is 0.855. The van der Waals surface area contributed by atoms with Crippen LogP contribution in [0.5, 0.6) is 0 Å². The number of hydrogen-bond donors (Lipinski definition) is 1. The van der Waals surface area contributed by atoms with E-state index >= 15 is 0 Å². The number of piperazine rings is 1. The Labute approximate surface area is 123 Å². The van der Waals surface area contributed by atoms with Crippen LogP contribution in [0.1, 0.15) is 46.5 Å².